The summed E-state index contributed by atoms with van der Waals surface area (Å²) >= 11 is 12.4. The van der Waals surface area contributed by atoms with Crippen molar-refractivity contribution in [2.45, 2.75) is 37.4 Å². The van der Waals surface area contributed by atoms with Gasteiger partial charge in [-0.05, 0) is 67.3 Å². The maximum atomic E-state index is 12.9. The molecule has 0 bridgehead atoms. The lowest BCUT2D eigenvalue weighted by Gasteiger charge is -2.28. The molecule has 0 spiro atoms. The van der Waals surface area contributed by atoms with E-state index in [1.807, 2.05) is 13.8 Å². The largest absolute Gasteiger partial charge is 0.462 e. The third kappa shape index (κ3) is 6.59. The van der Waals surface area contributed by atoms with E-state index < -0.39 is 36.3 Å². The van der Waals surface area contributed by atoms with Crippen molar-refractivity contribution in [3.05, 3.63) is 59.7 Å². The molecule has 0 aromatic heterocycles. The number of fused-ring (bicyclic) bond motifs is 1. The summed E-state index contributed by atoms with van der Waals surface area (Å²) in [7, 11) is 0. The number of nitrogens with one attached hydrogen (secondary N) is 1. The standard InChI is InChI=1S/C28H28Cl2N2O7/c1-15(2)13-38-27(36)16-3-7-18(8-4-16)31-24(33)14-39-28(37)17-5-9-19(10-6-17)32-25(34)20-11-22(29)23(30)12-21(20)26(32)35/h3-10,15,20-23H,11-14H2,1-2H3,(H,31,33)/t20-,21+,22+,23-. The van der Waals surface area contributed by atoms with E-state index in [-0.39, 0.29) is 34.0 Å². The number of hydrogen-bond acceptors (Lipinski definition) is 7. The Morgan fingerprint density at radius 2 is 1.33 bits per heavy atom. The van der Waals surface area contributed by atoms with Crippen molar-refractivity contribution in [3.63, 3.8) is 0 Å². The minimum Gasteiger partial charge on any atom is -0.462 e. The average Bonchev–Trinajstić information content (AvgIpc) is 3.15. The van der Waals surface area contributed by atoms with Crippen LogP contribution in [0.1, 0.15) is 47.4 Å². The van der Waals surface area contributed by atoms with Crippen LogP contribution in [0, 0.1) is 17.8 Å². The molecular formula is C28H28Cl2N2O7. The van der Waals surface area contributed by atoms with Crippen LogP contribution in [0.4, 0.5) is 11.4 Å². The summed E-state index contributed by atoms with van der Waals surface area (Å²) in [6.07, 6.45) is 0.672. The molecule has 1 N–H and O–H groups in total. The minimum absolute atomic E-state index is 0.147. The van der Waals surface area contributed by atoms with Gasteiger partial charge in [0.25, 0.3) is 5.91 Å². The Hall–Kier alpha value is -3.43. The van der Waals surface area contributed by atoms with Crippen LogP contribution in [0.5, 0.6) is 0 Å². The smallest absolute Gasteiger partial charge is 0.338 e. The third-order valence-corrected chi connectivity index (χ3v) is 7.65. The molecular weight excluding hydrogens is 547 g/mol. The van der Waals surface area contributed by atoms with E-state index in [1.165, 1.54) is 36.4 Å². The fraction of sp³-hybridized carbons (Fsp3) is 0.393. The van der Waals surface area contributed by atoms with Gasteiger partial charge in [0.1, 0.15) is 0 Å². The van der Waals surface area contributed by atoms with Crippen molar-refractivity contribution in [2.24, 2.45) is 17.8 Å². The van der Waals surface area contributed by atoms with Crippen molar-refractivity contribution >= 4 is 64.2 Å². The highest BCUT2D eigenvalue weighted by atomic mass is 35.5. The topological polar surface area (TPSA) is 119 Å². The van der Waals surface area contributed by atoms with Gasteiger partial charge in [-0.2, -0.15) is 0 Å². The Kier molecular flexibility index (Phi) is 8.92. The van der Waals surface area contributed by atoms with E-state index in [0.717, 1.165) is 4.90 Å². The van der Waals surface area contributed by atoms with Crippen molar-refractivity contribution in [1.29, 1.82) is 0 Å². The first-order valence-corrected chi connectivity index (χ1v) is 13.4. The Bertz CT molecular complexity index is 1240. The average molecular weight is 575 g/mol. The second kappa shape index (κ2) is 12.2. The number of anilines is 2. The molecule has 2 fully saturated rings. The summed E-state index contributed by atoms with van der Waals surface area (Å²) in [5.41, 5.74) is 1.25. The molecule has 4 rings (SSSR count). The monoisotopic (exact) mass is 574 g/mol. The van der Waals surface area contributed by atoms with Crippen LogP contribution in [0.15, 0.2) is 48.5 Å². The number of esters is 2. The first-order chi connectivity index (χ1) is 18.5. The number of imide groups is 1. The first-order valence-electron chi connectivity index (χ1n) is 12.5. The highest BCUT2D eigenvalue weighted by Gasteiger charge is 2.52. The van der Waals surface area contributed by atoms with Crippen molar-refractivity contribution in [3.8, 4) is 0 Å². The van der Waals surface area contributed by atoms with Gasteiger partial charge >= 0.3 is 11.9 Å². The predicted molar refractivity (Wildman–Crippen MR) is 145 cm³/mol. The van der Waals surface area contributed by atoms with Crippen LogP contribution in [0.25, 0.3) is 0 Å². The molecule has 3 amide bonds. The second-order valence-corrected chi connectivity index (χ2v) is 11.1. The highest BCUT2D eigenvalue weighted by molar-refractivity contribution is 6.31. The van der Waals surface area contributed by atoms with Gasteiger partial charge in [-0.1, -0.05) is 13.8 Å². The van der Waals surface area contributed by atoms with Crippen molar-refractivity contribution < 1.29 is 33.4 Å². The molecule has 4 atom stereocenters. The number of amides is 3. The number of halogens is 2. The van der Waals surface area contributed by atoms with Crippen LogP contribution < -0.4 is 10.2 Å². The van der Waals surface area contributed by atoms with E-state index in [9.17, 15) is 24.0 Å². The zero-order chi connectivity index (χ0) is 28.3. The third-order valence-electron chi connectivity index (χ3n) is 6.56. The Morgan fingerprint density at radius 3 is 1.85 bits per heavy atom. The fourth-order valence-corrected chi connectivity index (χ4v) is 5.11. The second-order valence-electron chi connectivity index (χ2n) is 9.97. The number of alkyl halides is 2. The summed E-state index contributed by atoms with van der Waals surface area (Å²) < 4.78 is 10.2. The predicted octanol–water partition coefficient (Wildman–Crippen LogP) is 4.41. The molecule has 1 saturated carbocycles. The van der Waals surface area contributed by atoms with Crippen molar-refractivity contribution in [1.82, 2.24) is 0 Å². The molecule has 0 unspecified atom stereocenters. The number of benzene rings is 2. The quantitative estimate of drug-likeness (QED) is 0.281. The molecule has 0 radical (unpaired) electrons. The molecule has 2 aromatic rings. The van der Waals surface area contributed by atoms with Gasteiger partial charge in [0.2, 0.25) is 11.8 Å². The van der Waals surface area contributed by atoms with Gasteiger partial charge in [-0.25, -0.2) is 9.59 Å². The molecule has 39 heavy (non-hydrogen) atoms. The van der Waals surface area contributed by atoms with Crippen LogP contribution in [-0.2, 0) is 23.9 Å². The number of carbonyl (C=O) groups is 5. The summed E-state index contributed by atoms with van der Waals surface area (Å²) in [5, 5.41) is 1.83. The summed E-state index contributed by atoms with van der Waals surface area (Å²) in [6, 6.07) is 11.9. The van der Waals surface area contributed by atoms with Gasteiger partial charge in [0.15, 0.2) is 6.61 Å². The lowest BCUT2D eigenvalue weighted by atomic mass is 9.80. The van der Waals surface area contributed by atoms with Gasteiger partial charge < -0.3 is 14.8 Å². The normalized spacial score (nSPS) is 22.4. The van der Waals surface area contributed by atoms with E-state index in [4.69, 9.17) is 32.7 Å². The van der Waals surface area contributed by atoms with E-state index >= 15 is 0 Å². The number of nitrogens with zero attached hydrogens (tertiary/aromatic N) is 1. The highest BCUT2D eigenvalue weighted by Crippen LogP contribution is 2.43. The number of hydrogen-bond donors (Lipinski definition) is 1. The number of carbonyl (C=O) groups excluding carboxylic acids is 5. The van der Waals surface area contributed by atoms with Gasteiger partial charge in [0.05, 0.1) is 46.0 Å². The summed E-state index contributed by atoms with van der Waals surface area (Å²) in [6.45, 7) is 3.64. The molecule has 2 aromatic carbocycles. The molecule has 1 aliphatic carbocycles. The molecule has 1 aliphatic heterocycles. The maximum Gasteiger partial charge on any atom is 0.338 e. The molecule has 2 aliphatic rings. The van der Waals surface area contributed by atoms with Gasteiger partial charge in [0, 0.05) is 5.69 Å². The molecule has 1 saturated heterocycles. The first kappa shape index (κ1) is 28.6. The fourth-order valence-electron chi connectivity index (χ4n) is 4.52. The Morgan fingerprint density at radius 1 is 0.846 bits per heavy atom. The SMILES string of the molecule is CC(C)COC(=O)c1ccc(NC(=O)COC(=O)c2ccc(N3C(=O)[C@H]4C[C@@H](Cl)[C@@H](Cl)C[C@H]4C3=O)cc2)cc1. The van der Waals surface area contributed by atoms with Crippen LogP contribution >= 0.6 is 23.2 Å². The Labute approximate surface area is 235 Å². The van der Waals surface area contributed by atoms with E-state index in [0.29, 0.717) is 36.4 Å². The lowest BCUT2D eigenvalue weighted by molar-refractivity contribution is -0.122. The van der Waals surface area contributed by atoms with Crippen LogP contribution in [-0.4, -0.2) is 53.6 Å². The summed E-state index contributed by atoms with van der Waals surface area (Å²) in [4.78, 5) is 63.6. The lowest BCUT2D eigenvalue weighted by Crippen LogP contribution is -2.34. The van der Waals surface area contributed by atoms with E-state index in [2.05, 4.69) is 5.32 Å². The zero-order valence-corrected chi connectivity index (χ0v) is 22.9. The van der Waals surface area contributed by atoms with Crippen molar-refractivity contribution in [2.75, 3.05) is 23.4 Å². The summed E-state index contributed by atoms with van der Waals surface area (Å²) in [5.74, 6) is -3.22. The van der Waals surface area contributed by atoms with Crippen LogP contribution in [0.2, 0.25) is 0 Å². The number of ether oxygens (including phenoxy) is 2. The van der Waals surface area contributed by atoms with Gasteiger partial charge in [-0.15, -0.1) is 23.2 Å². The molecule has 206 valence electrons. The van der Waals surface area contributed by atoms with E-state index in [1.54, 1.807) is 12.1 Å². The minimum atomic E-state index is -0.748. The van der Waals surface area contributed by atoms with Crippen LogP contribution in [0.3, 0.4) is 0 Å². The molecule has 1 heterocycles. The number of rotatable bonds is 8. The molecule has 11 heteroatoms. The molecule has 9 nitrogen and oxygen atoms in total. The zero-order valence-electron chi connectivity index (χ0n) is 21.4. The van der Waals surface area contributed by atoms with Gasteiger partial charge in [-0.3, -0.25) is 19.3 Å². The Balaban J connectivity index is 1.29. The maximum absolute atomic E-state index is 12.9.